The van der Waals surface area contributed by atoms with Crippen LogP contribution >= 0.6 is 12.4 Å². The average molecular weight is 334 g/mol. The van der Waals surface area contributed by atoms with E-state index in [0.717, 1.165) is 43.3 Å². The standard InChI is InChI=1S/C17H19N3O2.ClH/c1-19-9-11-20(12-10-19)16-4-2-3-15(18-16)13-5-7-14(8-6-13)17(21)22;/h2-8H,9-12H2,1H3,(H,21,22);1H. The summed E-state index contributed by atoms with van der Waals surface area (Å²) in [6.07, 6.45) is 0. The lowest BCUT2D eigenvalue weighted by atomic mass is 10.1. The van der Waals surface area contributed by atoms with Gasteiger partial charge in [0, 0.05) is 31.7 Å². The number of aromatic nitrogens is 1. The van der Waals surface area contributed by atoms with Crippen LogP contribution in [0.25, 0.3) is 11.3 Å². The molecule has 2 aromatic rings. The molecule has 0 saturated carbocycles. The number of hydrogen-bond donors (Lipinski definition) is 1. The summed E-state index contributed by atoms with van der Waals surface area (Å²) in [5.74, 6) is 0.0682. The van der Waals surface area contributed by atoms with E-state index >= 15 is 0 Å². The first-order valence-corrected chi connectivity index (χ1v) is 7.38. The molecule has 0 bridgehead atoms. The SMILES string of the molecule is CN1CCN(c2cccc(-c3ccc(C(=O)O)cc3)n2)CC1.Cl. The van der Waals surface area contributed by atoms with Crippen molar-refractivity contribution in [2.75, 3.05) is 38.1 Å². The first kappa shape index (κ1) is 17.2. The maximum Gasteiger partial charge on any atom is 0.335 e. The summed E-state index contributed by atoms with van der Waals surface area (Å²) >= 11 is 0. The van der Waals surface area contributed by atoms with E-state index in [1.54, 1.807) is 24.3 Å². The fraction of sp³-hybridized carbons (Fsp3) is 0.294. The van der Waals surface area contributed by atoms with Gasteiger partial charge in [0.15, 0.2) is 0 Å². The minimum atomic E-state index is -0.911. The zero-order valence-corrected chi connectivity index (χ0v) is 13.8. The molecule has 23 heavy (non-hydrogen) atoms. The highest BCUT2D eigenvalue weighted by molar-refractivity contribution is 5.88. The molecular weight excluding hydrogens is 314 g/mol. The van der Waals surface area contributed by atoms with Crippen molar-refractivity contribution in [2.24, 2.45) is 0 Å². The molecule has 0 spiro atoms. The normalized spacial score (nSPS) is 15.1. The van der Waals surface area contributed by atoms with Gasteiger partial charge in [-0.05, 0) is 31.3 Å². The van der Waals surface area contributed by atoms with Crippen LogP contribution in [0.3, 0.4) is 0 Å². The number of carboxylic acids is 1. The summed E-state index contributed by atoms with van der Waals surface area (Å²) in [5, 5.41) is 8.96. The molecular formula is C17H20ClN3O2. The second kappa shape index (κ2) is 7.44. The minimum Gasteiger partial charge on any atom is -0.478 e. The van der Waals surface area contributed by atoms with Crippen LogP contribution < -0.4 is 4.90 Å². The maximum absolute atomic E-state index is 10.9. The summed E-state index contributed by atoms with van der Waals surface area (Å²) < 4.78 is 0. The Morgan fingerprint density at radius 2 is 1.70 bits per heavy atom. The number of pyridine rings is 1. The molecule has 0 aliphatic carbocycles. The number of halogens is 1. The number of carboxylic acid groups (broad SMARTS) is 1. The van der Waals surface area contributed by atoms with Crippen LogP contribution in [0.15, 0.2) is 42.5 Å². The van der Waals surface area contributed by atoms with Crippen LogP contribution in [-0.2, 0) is 0 Å². The number of aromatic carboxylic acids is 1. The highest BCUT2D eigenvalue weighted by Gasteiger charge is 2.15. The van der Waals surface area contributed by atoms with Crippen LogP contribution in [0.5, 0.6) is 0 Å². The van der Waals surface area contributed by atoms with Crippen molar-refractivity contribution in [1.82, 2.24) is 9.88 Å². The van der Waals surface area contributed by atoms with E-state index < -0.39 is 5.97 Å². The smallest absolute Gasteiger partial charge is 0.335 e. The fourth-order valence-electron chi connectivity index (χ4n) is 2.58. The molecule has 1 aliphatic heterocycles. The Bertz CT molecular complexity index is 668. The van der Waals surface area contributed by atoms with Gasteiger partial charge >= 0.3 is 5.97 Å². The fourth-order valence-corrected chi connectivity index (χ4v) is 2.58. The van der Waals surface area contributed by atoms with Crippen LogP contribution in [0, 0.1) is 0 Å². The lowest BCUT2D eigenvalue weighted by Crippen LogP contribution is -2.44. The molecule has 0 radical (unpaired) electrons. The molecule has 0 unspecified atom stereocenters. The van der Waals surface area contributed by atoms with Crippen molar-refractivity contribution in [2.45, 2.75) is 0 Å². The van der Waals surface area contributed by atoms with Crippen molar-refractivity contribution in [3.63, 3.8) is 0 Å². The van der Waals surface area contributed by atoms with Gasteiger partial charge in [0.25, 0.3) is 0 Å². The largest absolute Gasteiger partial charge is 0.478 e. The number of carbonyl (C=O) groups is 1. The lowest BCUT2D eigenvalue weighted by Gasteiger charge is -2.33. The van der Waals surface area contributed by atoms with Gasteiger partial charge in [-0.1, -0.05) is 18.2 Å². The van der Waals surface area contributed by atoms with Gasteiger partial charge in [0.2, 0.25) is 0 Å². The van der Waals surface area contributed by atoms with Gasteiger partial charge in [0.05, 0.1) is 11.3 Å². The molecule has 1 fully saturated rings. The van der Waals surface area contributed by atoms with E-state index in [-0.39, 0.29) is 12.4 Å². The van der Waals surface area contributed by atoms with E-state index in [2.05, 4.69) is 16.8 Å². The second-order valence-corrected chi connectivity index (χ2v) is 5.55. The number of anilines is 1. The third-order valence-electron chi connectivity index (χ3n) is 3.99. The summed E-state index contributed by atoms with van der Waals surface area (Å²) in [7, 11) is 2.13. The van der Waals surface area contributed by atoms with E-state index in [1.165, 1.54) is 0 Å². The van der Waals surface area contributed by atoms with Crippen molar-refractivity contribution in [3.8, 4) is 11.3 Å². The quantitative estimate of drug-likeness (QED) is 0.935. The molecule has 0 amide bonds. The number of likely N-dealkylation sites (N-methyl/N-ethyl adjacent to an activating group) is 1. The Balaban J connectivity index is 0.00000192. The lowest BCUT2D eigenvalue weighted by molar-refractivity contribution is 0.0697. The Morgan fingerprint density at radius 3 is 2.30 bits per heavy atom. The monoisotopic (exact) mass is 333 g/mol. The molecule has 1 aromatic heterocycles. The zero-order chi connectivity index (χ0) is 15.5. The molecule has 1 N–H and O–H groups in total. The topological polar surface area (TPSA) is 56.7 Å². The first-order valence-electron chi connectivity index (χ1n) is 7.38. The number of hydrogen-bond acceptors (Lipinski definition) is 4. The highest BCUT2D eigenvalue weighted by atomic mass is 35.5. The molecule has 1 aromatic carbocycles. The molecule has 5 nitrogen and oxygen atoms in total. The number of nitrogens with zero attached hydrogens (tertiary/aromatic N) is 3. The second-order valence-electron chi connectivity index (χ2n) is 5.55. The Morgan fingerprint density at radius 1 is 1.04 bits per heavy atom. The van der Waals surface area contributed by atoms with Crippen molar-refractivity contribution < 1.29 is 9.90 Å². The third kappa shape index (κ3) is 4.00. The predicted molar refractivity (Wildman–Crippen MR) is 93.6 cm³/mol. The highest BCUT2D eigenvalue weighted by Crippen LogP contribution is 2.22. The minimum absolute atomic E-state index is 0. The van der Waals surface area contributed by atoms with Crippen molar-refractivity contribution in [1.29, 1.82) is 0 Å². The maximum atomic E-state index is 10.9. The van der Waals surface area contributed by atoms with Crippen molar-refractivity contribution >= 4 is 24.2 Å². The number of benzene rings is 1. The summed E-state index contributed by atoms with van der Waals surface area (Å²) in [4.78, 5) is 20.2. The Kier molecular flexibility index (Phi) is 5.58. The van der Waals surface area contributed by atoms with Gasteiger partial charge in [0.1, 0.15) is 5.82 Å². The van der Waals surface area contributed by atoms with Gasteiger partial charge < -0.3 is 14.9 Å². The average Bonchev–Trinajstić information content (AvgIpc) is 2.56. The zero-order valence-electron chi connectivity index (χ0n) is 13.0. The van der Waals surface area contributed by atoms with Crippen LogP contribution in [-0.4, -0.2) is 54.2 Å². The predicted octanol–water partition coefficient (Wildman–Crippen LogP) is 2.62. The molecule has 1 saturated heterocycles. The molecule has 0 atom stereocenters. The van der Waals surface area contributed by atoms with Crippen molar-refractivity contribution in [3.05, 3.63) is 48.0 Å². The van der Waals surface area contributed by atoms with E-state index in [9.17, 15) is 4.79 Å². The number of piperazine rings is 1. The van der Waals surface area contributed by atoms with Crippen LogP contribution in [0.4, 0.5) is 5.82 Å². The summed E-state index contributed by atoms with van der Waals surface area (Å²) in [6.45, 7) is 4.04. The van der Waals surface area contributed by atoms with E-state index in [4.69, 9.17) is 10.1 Å². The van der Waals surface area contributed by atoms with Gasteiger partial charge in [-0.15, -0.1) is 12.4 Å². The van der Waals surface area contributed by atoms with E-state index in [1.807, 2.05) is 18.2 Å². The number of rotatable bonds is 3. The Hall–Kier alpha value is -2.11. The molecule has 1 aliphatic rings. The Labute approximate surface area is 142 Å². The summed E-state index contributed by atoms with van der Waals surface area (Å²) in [6, 6.07) is 12.8. The molecule has 2 heterocycles. The third-order valence-corrected chi connectivity index (χ3v) is 3.99. The molecule has 122 valence electrons. The van der Waals surface area contributed by atoms with Gasteiger partial charge in [-0.2, -0.15) is 0 Å². The summed E-state index contributed by atoms with van der Waals surface area (Å²) in [5.41, 5.74) is 2.09. The van der Waals surface area contributed by atoms with E-state index in [0.29, 0.717) is 5.56 Å². The molecule has 3 rings (SSSR count). The molecule has 6 heteroatoms. The van der Waals surface area contributed by atoms with Crippen LogP contribution in [0.2, 0.25) is 0 Å². The van der Waals surface area contributed by atoms with Crippen LogP contribution in [0.1, 0.15) is 10.4 Å². The van der Waals surface area contributed by atoms with Gasteiger partial charge in [-0.25, -0.2) is 9.78 Å². The van der Waals surface area contributed by atoms with Gasteiger partial charge in [-0.3, -0.25) is 0 Å². The first-order chi connectivity index (χ1) is 10.6.